The fourth-order valence-corrected chi connectivity index (χ4v) is 3.96. The summed E-state index contributed by atoms with van der Waals surface area (Å²) in [5.74, 6) is 0.520. The van der Waals surface area contributed by atoms with E-state index in [0.717, 1.165) is 17.5 Å². The predicted octanol–water partition coefficient (Wildman–Crippen LogP) is 7.38. The van der Waals surface area contributed by atoms with Crippen LogP contribution in [0.5, 0.6) is 23.0 Å². The van der Waals surface area contributed by atoms with Crippen LogP contribution in [0, 0.1) is 0 Å². The van der Waals surface area contributed by atoms with Crippen molar-refractivity contribution in [3.63, 3.8) is 0 Å². The van der Waals surface area contributed by atoms with E-state index in [0.29, 0.717) is 23.0 Å². The Morgan fingerprint density at radius 2 is 0.861 bits per heavy atom. The lowest BCUT2D eigenvalue weighted by atomic mass is 9.74. The van der Waals surface area contributed by atoms with Gasteiger partial charge in [-0.1, -0.05) is 38.1 Å². The molecule has 2 N–H and O–H groups in total. The molecule has 0 heterocycles. The van der Waals surface area contributed by atoms with Crippen molar-refractivity contribution in [2.24, 2.45) is 0 Å². The standard InChI is InChI=1S/C30H26O6/c1-3-30(2,22-8-16-26(17-9-22)35-24-12-4-20(5-13-24)28(31)32)23-10-18-27(19-11-23)36-25-14-6-21(7-15-25)29(33)34/h4-19H,3H2,1-2H3,(H,31,32)(H,33,34). The van der Waals surface area contributed by atoms with E-state index in [1.54, 1.807) is 24.3 Å². The largest absolute Gasteiger partial charge is 0.478 e. The van der Waals surface area contributed by atoms with Gasteiger partial charge < -0.3 is 19.7 Å². The van der Waals surface area contributed by atoms with Gasteiger partial charge in [0.05, 0.1) is 11.1 Å². The van der Waals surface area contributed by atoms with E-state index < -0.39 is 11.9 Å². The summed E-state index contributed by atoms with van der Waals surface area (Å²) in [6.45, 7) is 4.33. The summed E-state index contributed by atoms with van der Waals surface area (Å²) in [7, 11) is 0. The molecule has 0 aliphatic carbocycles. The summed E-state index contributed by atoms with van der Waals surface area (Å²) in [5, 5.41) is 18.1. The SMILES string of the molecule is CCC(C)(c1ccc(Oc2ccc(C(=O)O)cc2)cc1)c1ccc(Oc2ccc(C(=O)O)cc2)cc1. The molecule has 0 aliphatic heterocycles. The summed E-state index contributed by atoms with van der Waals surface area (Å²) >= 11 is 0. The molecule has 0 atom stereocenters. The maximum atomic E-state index is 11.0. The second-order valence-corrected chi connectivity index (χ2v) is 8.60. The molecule has 0 unspecified atom stereocenters. The molecule has 0 spiro atoms. The highest BCUT2D eigenvalue weighted by Gasteiger charge is 2.27. The van der Waals surface area contributed by atoms with Gasteiger partial charge in [-0.25, -0.2) is 9.59 Å². The minimum Gasteiger partial charge on any atom is -0.478 e. The van der Waals surface area contributed by atoms with Crippen LogP contribution in [-0.4, -0.2) is 22.2 Å². The molecule has 4 aromatic carbocycles. The first-order chi connectivity index (χ1) is 17.3. The Morgan fingerprint density at radius 1 is 0.583 bits per heavy atom. The van der Waals surface area contributed by atoms with Gasteiger partial charge in [-0.05, 0) is 90.3 Å². The second kappa shape index (κ2) is 10.4. The number of hydrogen-bond donors (Lipinski definition) is 2. The average Bonchev–Trinajstić information content (AvgIpc) is 2.90. The quantitative estimate of drug-likeness (QED) is 0.258. The first-order valence-corrected chi connectivity index (χ1v) is 11.5. The molecule has 4 aromatic rings. The van der Waals surface area contributed by atoms with Crippen LogP contribution in [0.2, 0.25) is 0 Å². The van der Waals surface area contributed by atoms with Gasteiger partial charge in [0, 0.05) is 5.41 Å². The third-order valence-electron chi connectivity index (χ3n) is 6.36. The molecule has 0 saturated carbocycles. The summed E-state index contributed by atoms with van der Waals surface area (Å²) in [6, 6.07) is 28.4. The molecule has 6 nitrogen and oxygen atoms in total. The molecule has 0 saturated heterocycles. The van der Waals surface area contributed by atoms with Gasteiger partial charge in [0.1, 0.15) is 23.0 Å². The predicted molar refractivity (Wildman–Crippen MR) is 137 cm³/mol. The maximum Gasteiger partial charge on any atom is 0.335 e. The van der Waals surface area contributed by atoms with Crippen LogP contribution in [0.25, 0.3) is 0 Å². The highest BCUT2D eigenvalue weighted by Crippen LogP contribution is 2.37. The normalized spacial score (nSPS) is 11.1. The van der Waals surface area contributed by atoms with E-state index in [-0.39, 0.29) is 16.5 Å². The Hall–Kier alpha value is -4.58. The van der Waals surface area contributed by atoms with Gasteiger partial charge in [0.2, 0.25) is 0 Å². The van der Waals surface area contributed by atoms with Crippen LogP contribution in [0.3, 0.4) is 0 Å². The molecule has 0 radical (unpaired) electrons. The Bertz CT molecular complexity index is 1240. The lowest BCUT2D eigenvalue weighted by Crippen LogP contribution is -2.22. The number of carboxylic acid groups (broad SMARTS) is 2. The summed E-state index contributed by atoms with van der Waals surface area (Å²) < 4.78 is 11.7. The second-order valence-electron chi connectivity index (χ2n) is 8.60. The van der Waals surface area contributed by atoms with Crippen LogP contribution >= 0.6 is 0 Å². The van der Waals surface area contributed by atoms with Crippen molar-refractivity contribution < 1.29 is 29.3 Å². The molecule has 0 aromatic heterocycles. The molecule has 4 rings (SSSR count). The number of benzene rings is 4. The zero-order valence-corrected chi connectivity index (χ0v) is 20.0. The van der Waals surface area contributed by atoms with E-state index in [1.165, 1.54) is 24.3 Å². The van der Waals surface area contributed by atoms with Crippen molar-refractivity contribution >= 4 is 11.9 Å². The topological polar surface area (TPSA) is 93.1 Å². The monoisotopic (exact) mass is 482 g/mol. The third kappa shape index (κ3) is 5.39. The number of rotatable bonds is 9. The van der Waals surface area contributed by atoms with Gasteiger partial charge in [-0.15, -0.1) is 0 Å². The third-order valence-corrected chi connectivity index (χ3v) is 6.36. The van der Waals surface area contributed by atoms with Crippen LogP contribution in [0.1, 0.15) is 52.1 Å². The van der Waals surface area contributed by atoms with Gasteiger partial charge in [0.25, 0.3) is 0 Å². The van der Waals surface area contributed by atoms with Gasteiger partial charge in [0.15, 0.2) is 0 Å². The Labute approximate surface area is 209 Å². The zero-order valence-electron chi connectivity index (χ0n) is 20.0. The molecule has 182 valence electrons. The van der Waals surface area contributed by atoms with Gasteiger partial charge in [-0.3, -0.25) is 0 Å². The highest BCUT2D eigenvalue weighted by atomic mass is 16.5. The summed E-state index contributed by atoms with van der Waals surface area (Å²) in [5.41, 5.74) is 2.46. The smallest absolute Gasteiger partial charge is 0.335 e. The zero-order chi connectivity index (χ0) is 25.7. The van der Waals surface area contributed by atoms with Crippen molar-refractivity contribution in [3.8, 4) is 23.0 Å². The first kappa shape index (κ1) is 24.5. The van der Waals surface area contributed by atoms with Crippen LogP contribution in [-0.2, 0) is 5.41 Å². The average molecular weight is 483 g/mol. The van der Waals surface area contributed by atoms with Gasteiger partial charge in [-0.2, -0.15) is 0 Å². The minimum atomic E-state index is -0.973. The van der Waals surface area contributed by atoms with Crippen molar-refractivity contribution in [1.29, 1.82) is 0 Å². The molecule has 36 heavy (non-hydrogen) atoms. The Morgan fingerprint density at radius 3 is 1.11 bits per heavy atom. The molecule has 0 amide bonds. The van der Waals surface area contributed by atoms with Crippen LogP contribution in [0.4, 0.5) is 0 Å². The number of hydrogen-bond acceptors (Lipinski definition) is 4. The van der Waals surface area contributed by atoms with Crippen molar-refractivity contribution in [2.75, 3.05) is 0 Å². The first-order valence-electron chi connectivity index (χ1n) is 11.5. The van der Waals surface area contributed by atoms with Crippen molar-refractivity contribution in [3.05, 3.63) is 119 Å². The Kier molecular flexibility index (Phi) is 7.06. The molecule has 0 fully saturated rings. The summed E-state index contributed by atoms with van der Waals surface area (Å²) in [4.78, 5) is 22.0. The fraction of sp³-hybridized carbons (Fsp3) is 0.133. The van der Waals surface area contributed by atoms with E-state index in [2.05, 4.69) is 13.8 Å². The lowest BCUT2D eigenvalue weighted by molar-refractivity contribution is 0.0686. The minimum absolute atomic E-state index is 0.212. The fourth-order valence-electron chi connectivity index (χ4n) is 3.96. The summed E-state index contributed by atoms with van der Waals surface area (Å²) in [6.07, 6.45) is 0.876. The number of aromatic carboxylic acids is 2. The van der Waals surface area contributed by atoms with E-state index in [4.69, 9.17) is 19.7 Å². The van der Waals surface area contributed by atoms with E-state index in [9.17, 15) is 9.59 Å². The molecular weight excluding hydrogens is 456 g/mol. The van der Waals surface area contributed by atoms with E-state index >= 15 is 0 Å². The molecule has 0 bridgehead atoms. The number of carboxylic acids is 2. The van der Waals surface area contributed by atoms with E-state index in [1.807, 2.05) is 48.5 Å². The van der Waals surface area contributed by atoms with Crippen molar-refractivity contribution in [1.82, 2.24) is 0 Å². The van der Waals surface area contributed by atoms with Gasteiger partial charge >= 0.3 is 11.9 Å². The number of carbonyl (C=O) groups is 2. The van der Waals surface area contributed by atoms with Crippen LogP contribution < -0.4 is 9.47 Å². The Balaban J connectivity index is 1.47. The number of ether oxygens (including phenoxy) is 2. The molecular formula is C30H26O6. The molecule has 0 aliphatic rings. The maximum absolute atomic E-state index is 11.0. The molecule has 6 heteroatoms. The van der Waals surface area contributed by atoms with Crippen molar-refractivity contribution in [2.45, 2.75) is 25.7 Å². The lowest BCUT2D eigenvalue weighted by Gasteiger charge is -2.30. The highest BCUT2D eigenvalue weighted by molar-refractivity contribution is 5.88. The van der Waals surface area contributed by atoms with Crippen LogP contribution in [0.15, 0.2) is 97.1 Å².